The second kappa shape index (κ2) is 4.92. The van der Waals surface area contributed by atoms with Crippen molar-refractivity contribution in [1.82, 2.24) is 5.32 Å². The SMILES string of the molecule is CNC(C1=CCCC1)c1ccc(F)c(F)c1F. The molecule has 0 saturated heterocycles. The van der Waals surface area contributed by atoms with Crippen molar-refractivity contribution in [3.05, 3.63) is 46.8 Å². The summed E-state index contributed by atoms with van der Waals surface area (Å²) < 4.78 is 39.7. The van der Waals surface area contributed by atoms with Gasteiger partial charge >= 0.3 is 0 Å². The lowest BCUT2D eigenvalue weighted by molar-refractivity contribution is 0.434. The number of benzene rings is 1. The van der Waals surface area contributed by atoms with Crippen LogP contribution in [-0.2, 0) is 0 Å². The normalized spacial score (nSPS) is 17.1. The third-order valence-corrected chi connectivity index (χ3v) is 3.11. The van der Waals surface area contributed by atoms with E-state index in [9.17, 15) is 13.2 Å². The zero-order valence-corrected chi connectivity index (χ0v) is 9.56. The van der Waals surface area contributed by atoms with Crippen LogP contribution in [0.15, 0.2) is 23.8 Å². The number of nitrogens with one attached hydrogen (secondary N) is 1. The number of halogens is 3. The van der Waals surface area contributed by atoms with Crippen molar-refractivity contribution in [3.63, 3.8) is 0 Å². The van der Waals surface area contributed by atoms with Gasteiger partial charge in [-0.15, -0.1) is 0 Å². The predicted octanol–water partition coefficient (Wildman–Crippen LogP) is 3.47. The predicted molar refractivity (Wildman–Crippen MR) is 60.1 cm³/mol. The van der Waals surface area contributed by atoms with E-state index in [4.69, 9.17) is 0 Å². The van der Waals surface area contributed by atoms with Crippen molar-refractivity contribution in [3.8, 4) is 0 Å². The van der Waals surface area contributed by atoms with E-state index in [1.165, 1.54) is 6.07 Å². The third kappa shape index (κ3) is 2.22. The van der Waals surface area contributed by atoms with Gasteiger partial charge in [-0.1, -0.05) is 17.7 Å². The molecule has 0 bridgehead atoms. The van der Waals surface area contributed by atoms with Gasteiger partial charge in [-0.2, -0.15) is 0 Å². The Hall–Kier alpha value is -1.29. The largest absolute Gasteiger partial charge is 0.310 e. The summed E-state index contributed by atoms with van der Waals surface area (Å²) in [5.74, 6) is -3.65. The Morgan fingerprint density at radius 3 is 2.53 bits per heavy atom. The first-order valence-electron chi connectivity index (χ1n) is 5.64. The smallest absolute Gasteiger partial charge is 0.194 e. The summed E-state index contributed by atoms with van der Waals surface area (Å²) in [7, 11) is 1.69. The van der Waals surface area contributed by atoms with Crippen LogP contribution in [0.25, 0.3) is 0 Å². The molecule has 1 nitrogen and oxygen atoms in total. The van der Waals surface area contributed by atoms with Crippen molar-refractivity contribution in [2.24, 2.45) is 0 Å². The molecule has 1 aliphatic carbocycles. The molecular weight excluding hydrogens is 227 g/mol. The van der Waals surface area contributed by atoms with Gasteiger partial charge in [0.05, 0.1) is 6.04 Å². The molecule has 1 atom stereocenters. The molecule has 1 aliphatic rings. The summed E-state index contributed by atoms with van der Waals surface area (Å²) >= 11 is 0. The molecule has 1 aromatic rings. The van der Waals surface area contributed by atoms with Crippen molar-refractivity contribution in [2.45, 2.75) is 25.3 Å². The van der Waals surface area contributed by atoms with Gasteiger partial charge < -0.3 is 5.32 Å². The van der Waals surface area contributed by atoms with Gasteiger partial charge in [0.1, 0.15) is 0 Å². The minimum atomic E-state index is -1.40. The Kier molecular flexibility index (Phi) is 3.52. The summed E-state index contributed by atoms with van der Waals surface area (Å²) in [6, 6.07) is 1.90. The summed E-state index contributed by atoms with van der Waals surface area (Å²) in [5.41, 5.74) is 1.21. The average molecular weight is 241 g/mol. The molecule has 1 aromatic carbocycles. The van der Waals surface area contributed by atoms with Crippen molar-refractivity contribution in [1.29, 1.82) is 0 Å². The van der Waals surface area contributed by atoms with E-state index in [1.807, 2.05) is 6.08 Å². The highest BCUT2D eigenvalue weighted by atomic mass is 19.2. The number of likely N-dealkylation sites (N-methyl/N-ethyl adjacent to an activating group) is 1. The van der Waals surface area contributed by atoms with Gasteiger partial charge in [-0.25, -0.2) is 13.2 Å². The van der Waals surface area contributed by atoms with E-state index >= 15 is 0 Å². The zero-order valence-electron chi connectivity index (χ0n) is 9.56. The number of rotatable bonds is 3. The summed E-state index contributed by atoms with van der Waals surface area (Å²) in [6.45, 7) is 0. The quantitative estimate of drug-likeness (QED) is 0.631. The van der Waals surface area contributed by atoms with E-state index in [2.05, 4.69) is 5.32 Å². The van der Waals surface area contributed by atoms with Gasteiger partial charge in [0.2, 0.25) is 0 Å². The molecule has 2 rings (SSSR count). The maximum atomic E-state index is 13.7. The monoisotopic (exact) mass is 241 g/mol. The molecule has 0 aliphatic heterocycles. The van der Waals surface area contributed by atoms with Gasteiger partial charge in [-0.05, 0) is 32.4 Å². The third-order valence-electron chi connectivity index (χ3n) is 3.11. The van der Waals surface area contributed by atoms with Crippen LogP contribution in [0.1, 0.15) is 30.9 Å². The Balaban J connectivity index is 2.41. The van der Waals surface area contributed by atoms with Crippen LogP contribution in [0.2, 0.25) is 0 Å². The fourth-order valence-electron chi connectivity index (χ4n) is 2.26. The molecule has 92 valence electrons. The first-order valence-corrected chi connectivity index (χ1v) is 5.64. The lowest BCUT2D eigenvalue weighted by atomic mass is 9.97. The molecule has 0 saturated carbocycles. The van der Waals surface area contributed by atoms with Crippen molar-refractivity contribution >= 4 is 0 Å². The molecule has 0 aromatic heterocycles. The van der Waals surface area contributed by atoms with Crippen LogP contribution in [0.4, 0.5) is 13.2 Å². The van der Waals surface area contributed by atoms with Crippen LogP contribution < -0.4 is 5.32 Å². The van der Waals surface area contributed by atoms with Crippen LogP contribution in [0.3, 0.4) is 0 Å². The van der Waals surface area contributed by atoms with Gasteiger partial charge in [0.15, 0.2) is 17.5 Å². The van der Waals surface area contributed by atoms with E-state index in [-0.39, 0.29) is 11.6 Å². The number of allylic oxidation sites excluding steroid dienone is 1. The fourth-order valence-corrected chi connectivity index (χ4v) is 2.26. The van der Waals surface area contributed by atoms with Gasteiger partial charge in [-0.3, -0.25) is 0 Å². The molecule has 0 spiro atoms. The Bertz CT molecular complexity index is 454. The topological polar surface area (TPSA) is 12.0 Å². The number of hydrogen-bond donors (Lipinski definition) is 1. The van der Waals surface area contributed by atoms with Crippen LogP contribution >= 0.6 is 0 Å². The minimum Gasteiger partial charge on any atom is -0.310 e. The maximum Gasteiger partial charge on any atom is 0.194 e. The summed E-state index contributed by atoms with van der Waals surface area (Å²) in [6.07, 6.45) is 4.88. The second-order valence-corrected chi connectivity index (χ2v) is 4.16. The average Bonchev–Trinajstić information content (AvgIpc) is 2.84. The molecule has 0 amide bonds. The Morgan fingerprint density at radius 2 is 1.94 bits per heavy atom. The first kappa shape index (κ1) is 12.2. The van der Waals surface area contributed by atoms with Crippen molar-refractivity contribution in [2.75, 3.05) is 7.05 Å². The Labute approximate surface area is 98.3 Å². The van der Waals surface area contributed by atoms with E-state index < -0.39 is 17.5 Å². The molecule has 0 radical (unpaired) electrons. The second-order valence-electron chi connectivity index (χ2n) is 4.16. The highest BCUT2D eigenvalue weighted by Gasteiger charge is 2.23. The van der Waals surface area contributed by atoms with Crippen LogP contribution in [-0.4, -0.2) is 7.05 Å². The van der Waals surface area contributed by atoms with Crippen LogP contribution in [0, 0.1) is 17.5 Å². The molecule has 0 fully saturated rings. The maximum absolute atomic E-state index is 13.7. The fraction of sp³-hybridized carbons (Fsp3) is 0.385. The highest BCUT2D eigenvalue weighted by Crippen LogP contribution is 2.32. The molecule has 17 heavy (non-hydrogen) atoms. The molecular formula is C13H14F3N. The summed E-state index contributed by atoms with van der Waals surface area (Å²) in [4.78, 5) is 0. The van der Waals surface area contributed by atoms with Gasteiger partial charge in [0.25, 0.3) is 0 Å². The lowest BCUT2D eigenvalue weighted by Gasteiger charge is -2.19. The van der Waals surface area contributed by atoms with E-state index in [0.717, 1.165) is 30.9 Å². The standard InChI is InChI=1S/C13H14F3N/c1-17-13(8-4-2-3-5-8)9-6-7-10(14)12(16)11(9)15/h4,6-7,13,17H,2-3,5H2,1H3. The molecule has 1 unspecified atom stereocenters. The Morgan fingerprint density at radius 1 is 1.18 bits per heavy atom. The van der Waals surface area contributed by atoms with E-state index in [0.29, 0.717) is 0 Å². The van der Waals surface area contributed by atoms with Crippen LogP contribution in [0.5, 0.6) is 0 Å². The molecule has 0 heterocycles. The van der Waals surface area contributed by atoms with Crippen molar-refractivity contribution < 1.29 is 13.2 Å². The minimum absolute atomic E-state index is 0.166. The lowest BCUT2D eigenvalue weighted by Crippen LogP contribution is -2.20. The molecule has 4 heteroatoms. The highest BCUT2D eigenvalue weighted by molar-refractivity contribution is 5.32. The summed E-state index contributed by atoms with van der Waals surface area (Å²) in [5, 5.41) is 2.95. The first-order chi connectivity index (χ1) is 8.15. The zero-order chi connectivity index (χ0) is 12.4. The van der Waals surface area contributed by atoms with E-state index in [1.54, 1.807) is 7.05 Å². The molecule has 1 N–H and O–H groups in total. The van der Waals surface area contributed by atoms with Gasteiger partial charge in [0, 0.05) is 5.56 Å². The number of hydrogen-bond acceptors (Lipinski definition) is 1.